The molecule has 14 nitrogen and oxygen atoms in total. The van der Waals surface area contributed by atoms with E-state index in [2.05, 4.69) is 19.2 Å². The molecule has 2 aliphatic heterocycles. The van der Waals surface area contributed by atoms with Gasteiger partial charge in [-0.3, -0.25) is 4.79 Å². The second-order valence-electron chi connectivity index (χ2n) is 33.5. The molecule has 12 atom stereocenters. The molecular weight excluding hydrogens is 1310 g/mol. The van der Waals surface area contributed by atoms with E-state index < -0.39 is 86.8 Å². The van der Waals surface area contributed by atoms with Crippen molar-refractivity contribution in [2.75, 3.05) is 19.8 Å². The Morgan fingerprint density at radius 2 is 0.543 bits per heavy atom. The minimum absolute atomic E-state index is 0.193. The number of aliphatic hydroxyl groups excluding tert-OH is 8. The third-order valence-electron chi connectivity index (χ3n) is 23.6. The third-order valence-corrected chi connectivity index (χ3v) is 23.6. The Hall–Kier alpha value is -1.01. The average molecular weight is 1500 g/mol. The highest BCUT2D eigenvalue weighted by atomic mass is 16.7. The monoisotopic (exact) mass is 1490 g/mol. The highest BCUT2D eigenvalue weighted by Crippen LogP contribution is 2.31. The van der Waals surface area contributed by atoms with Crippen LogP contribution in [0.2, 0.25) is 0 Å². The summed E-state index contributed by atoms with van der Waals surface area (Å²) in [6, 6.07) is -0.827. The van der Waals surface area contributed by atoms with Gasteiger partial charge < -0.3 is 65.1 Å². The van der Waals surface area contributed by atoms with Crippen molar-refractivity contribution >= 4 is 5.91 Å². The van der Waals surface area contributed by atoms with Crippen molar-refractivity contribution in [3.8, 4) is 0 Å². The van der Waals surface area contributed by atoms with E-state index in [1.165, 1.54) is 405 Å². The highest BCUT2D eigenvalue weighted by Gasteiger charge is 2.51. The van der Waals surface area contributed by atoms with Crippen molar-refractivity contribution in [1.29, 1.82) is 0 Å². The number of carbonyl (C=O) groups is 1. The largest absolute Gasteiger partial charge is 0.394 e. The van der Waals surface area contributed by atoms with Crippen molar-refractivity contribution in [1.82, 2.24) is 5.32 Å². The van der Waals surface area contributed by atoms with Gasteiger partial charge in [0.15, 0.2) is 12.6 Å². The Bertz CT molecular complexity index is 1760. The van der Waals surface area contributed by atoms with E-state index in [0.717, 1.165) is 51.4 Å². The van der Waals surface area contributed by atoms with E-state index >= 15 is 0 Å². The summed E-state index contributed by atoms with van der Waals surface area (Å²) in [7, 11) is 0. The normalized spacial score (nSPS) is 21.2. The van der Waals surface area contributed by atoms with Gasteiger partial charge in [0.05, 0.1) is 32.0 Å². The smallest absolute Gasteiger partial charge is 0.220 e. The van der Waals surface area contributed by atoms with Gasteiger partial charge in [-0.1, -0.05) is 463 Å². The minimum Gasteiger partial charge on any atom is -0.394 e. The lowest BCUT2D eigenvalue weighted by Gasteiger charge is -2.46. The first-order valence-electron chi connectivity index (χ1n) is 46.8. The van der Waals surface area contributed by atoms with Crippen LogP contribution < -0.4 is 5.32 Å². The molecule has 2 fully saturated rings. The predicted octanol–water partition coefficient (Wildman–Crippen LogP) is 23.0. The molecule has 14 heteroatoms. The van der Waals surface area contributed by atoms with Crippen molar-refractivity contribution in [2.45, 2.75) is 556 Å². The standard InChI is InChI=1S/C91H179NO13/c1-3-5-7-9-11-13-15-17-19-21-23-25-27-29-31-33-35-36-37-38-39-40-41-42-43-45-47-49-51-53-55-57-59-61-63-65-67-69-71-73-75-83(96)92-79(78-102-90-88(101)86(99)89(82(77-94)104-90)105-91-87(100)85(98)84(97)81(76-93)103-91)80(95)74-72-70-68-66-64-62-60-58-56-54-52-50-48-46-44-34-32-30-28-26-24-22-20-18-16-14-12-10-8-6-4-2/h79-82,84-91,93-95,97-101H,3-78H2,1-2H3,(H,92,96). The molecule has 0 aromatic rings. The van der Waals surface area contributed by atoms with Gasteiger partial charge in [0.1, 0.15) is 48.8 Å². The number of rotatable bonds is 82. The fraction of sp³-hybridized carbons (Fsp3) is 0.989. The number of hydrogen-bond acceptors (Lipinski definition) is 13. The van der Waals surface area contributed by atoms with Crippen LogP contribution in [-0.2, 0) is 23.7 Å². The van der Waals surface area contributed by atoms with E-state index in [0.29, 0.717) is 12.8 Å². The van der Waals surface area contributed by atoms with Crippen molar-refractivity contribution in [3.63, 3.8) is 0 Å². The molecule has 2 saturated heterocycles. The molecule has 12 unspecified atom stereocenters. The van der Waals surface area contributed by atoms with E-state index in [-0.39, 0.29) is 12.5 Å². The molecule has 0 aromatic heterocycles. The molecule has 0 radical (unpaired) electrons. The molecule has 2 aliphatic rings. The third kappa shape index (κ3) is 57.6. The lowest BCUT2D eigenvalue weighted by molar-refractivity contribution is -0.359. The van der Waals surface area contributed by atoms with Gasteiger partial charge in [0.2, 0.25) is 5.91 Å². The molecular formula is C91H179NO13. The van der Waals surface area contributed by atoms with Crippen LogP contribution in [0.25, 0.3) is 0 Å². The summed E-state index contributed by atoms with van der Waals surface area (Å²) >= 11 is 0. The molecule has 0 aliphatic carbocycles. The Labute approximate surface area is 648 Å². The molecule has 1 amide bonds. The number of ether oxygens (including phenoxy) is 4. The molecule has 2 rings (SSSR count). The Morgan fingerprint density at radius 1 is 0.305 bits per heavy atom. The van der Waals surface area contributed by atoms with Gasteiger partial charge in [-0.15, -0.1) is 0 Å². The highest BCUT2D eigenvalue weighted by molar-refractivity contribution is 5.76. The molecule has 2 heterocycles. The lowest BCUT2D eigenvalue weighted by Crippen LogP contribution is -2.65. The fourth-order valence-corrected chi connectivity index (χ4v) is 16.3. The van der Waals surface area contributed by atoms with E-state index in [9.17, 15) is 45.6 Å². The maximum atomic E-state index is 13.4. The van der Waals surface area contributed by atoms with Gasteiger partial charge in [-0.05, 0) is 12.8 Å². The minimum atomic E-state index is -1.78. The zero-order chi connectivity index (χ0) is 75.8. The van der Waals surface area contributed by atoms with Crippen LogP contribution in [0.5, 0.6) is 0 Å². The molecule has 0 spiro atoms. The zero-order valence-corrected chi connectivity index (χ0v) is 69.3. The first kappa shape index (κ1) is 100. The van der Waals surface area contributed by atoms with E-state index in [1.807, 2.05) is 0 Å². The van der Waals surface area contributed by atoms with Crippen LogP contribution in [0.15, 0.2) is 0 Å². The van der Waals surface area contributed by atoms with Crippen LogP contribution >= 0.6 is 0 Å². The van der Waals surface area contributed by atoms with Crippen molar-refractivity contribution in [3.05, 3.63) is 0 Å². The van der Waals surface area contributed by atoms with Crippen LogP contribution in [0.3, 0.4) is 0 Å². The van der Waals surface area contributed by atoms with Crippen molar-refractivity contribution < 1.29 is 64.6 Å². The summed E-state index contributed by atoms with van der Waals surface area (Å²) < 4.78 is 23.0. The summed E-state index contributed by atoms with van der Waals surface area (Å²) in [4.78, 5) is 13.4. The predicted molar refractivity (Wildman–Crippen MR) is 439 cm³/mol. The van der Waals surface area contributed by atoms with Gasteiger partial charge in [0, 0.05) is 6.42 Å². The van der Waals surface area contributed by atoms with Crippen molar-refractivity contribution in [2.24, 2.45) is 0 Å². The lowest BCUT2D eigenvalue weighted by atomic mass is 9.97. The second kappa shape index (κ2) is 75.7. The molecule has 0 saturated carbocycles. The van der Waals surface area contributed by atoms with Gasteiger partial charge in [0.25, 0.3) is 0 Å². The van der Waals surface area contributed by atoms with E-state index in [1.54, 1.807) is 0 Å². The number of nitrogens with one attached hydrogen (secondary N) is 1. The number of carbonyl (C=O) groups excluding carboxylic acids is 1. The SMILES string of the molecule is CCCCCCCCCCCCCCCCCCCCCCCCCCCCCCCCCCCCCCCCCCC(=O)NC(COC1OC(CO)C(OC2OC(CO)C(O)C(O)C2O)C(O)C1O)C(O)CCCCCCCCCCCCCCCCCCCCCCCCCCCCCCCCC. The summed E-state index contributed by atoms with van der Waals surface area (Å²) in [5.41, 5.74) is 0. The number of amides is 1. The Kier molecular flexibility index (Phi) is 72.1. The van der Waals surface area contributed by atoms with Gasteiger partial charge in [-0.2, -0.15) is 0 Å². The number of hydrogen-bond donors (Lipinski definition) is 9. The van der Waals surface area contributed by atoms with Gasteiger partial charge in [-0.25, -0.2) is 0 Å². The summed E-state index contributed by atoms with van der Waals surface area (Å²) in [5, 5.41) is 88.1. The maximum Gasteiger partial charge on any atom is 0.220 e. The number of unbranched alkanes of at least 4 members (excludes halogenated alkanes) is 69. The molecule has 0 aromatic carbocycles. The van der Waals surface area contributed by atoms with Crippen LogP contribution in [0.1, 0.15) is 483 Å². The van der Waals surface area contributed by atoms with Crippen LogP contribution in [0, 0.1) is 0 Å². The second-order valence-corrected chi connectivity index (χ2v) is 33.5. The first-order chi connectivity index (χ1) is 51.6. The Morgan fingerprint density at radius 3 is 0.810 bits per heavy atom. The van der Waals surface area contributed by atoms with E-state index in [4.69, 9.17) is 18.9 Å². The maximum absolute atomic E-state index is 13.4. The quantitative estimate of drug-likeness (QED) is 0.0259. The molecule has 626 valence electrons. The number of aliphatic hydroxyl groups is 8. The first-order valence-corrected chi connectivity index (χ1v) is 46.8. The van der Waals surface area contributed by atoms with Crippen LogP contribution in [-0.4, -0.2) is 140 Å². The molecule has 0 bridgehead atoms. The average Bonchev–Trinajstić information content (AvgIpc) is 0.788. The summed E-state index contributed by atoms with van der Waals surface area (Å²) in [6.07, 6.45) is 80.6. The fourth-order valence-electron chi connectivity index (χ4n) is 16.3. The summed E-state index contributed by atoms with van der Waals surface area (Å²) in [5.74, 6) is -0.193. The molecule has 9 N–H and O–H groups in total. The zero-order valence-electron chi connectivity index (χ0n) is 69.3. The summed E-state index contributed by atoms with van der Waals surface area (Å²) in [6.45, 7) is 2.96. The molecule has 105 heavy (non-hydrogen) atoms. The van der Waals surface area contributed by atoms with Crippen LogP contribution in [0.4, 0.5) is 0 Å². The Balaban J connectivity index is 1.52. The topological polar surface area (TPSA) is 228 Å². The van der Waals surface area contributed by atoms with Gasteiger partial charge >= 0.3 is 0 Å².